The Balaban J connectivity index is 1.23. The second-order valence-electron chi connectivity index (χ2n) is 9.97. The zero-order chi connectivity index (χ0) is 21.6. The summed E-state index contributed by atoms with van der Waals surface area (Å²) >= 11 is 5.97. The van der Waals surface area contributed by atoms with E-state index in [1.54, 1.807) is 24.2 Å². The van der Waals surface area contributed by atoms with Crippen molar-refractivity contribution in [3.63, 3.8) is 0 Å². The predicted molar refractivity (Wildman–Crippen MR) is 134 cm³/mol. The summed E-state index contributed by atoms with van der Waals surface area (Å²) in [6.45, 7) is 2.35. The molecule has 4 rings (SSSR count). The molecule has 1 saturated carbocycles. The third-order valence-electron chi connectivity index (χ3n) is 7.95. The predicted octanol–water partition coefficient (Wildman–Crippen LogP) is 9.20. The van der Waals surface area contributed by atoms with Crippen LogP contribution < -0.4 is 0 Å². The van der Waals surface area contributed by atoms with Crippen molar-refractivity contribution < 1.29 is 4.39 Å². The normalized spacial score (nSPS) is 23.2. The first-order valence-corrected chi connectivity index (χ1v) is 15.0. The van der Waals surface area contributed by atoms with E-state index in [-0.39, 0.29) is 14.6 Å². The van der Waals surface area contributed by atoms with Gasteiger partial charge in [-0.1, -0.05) is 93.0 Å². The molecule has 1 heterocycles. The third-order valence-corrected chi connectivity index (χ3v) is 11.4. The first kappa shape index (κ1) is 23.0. The highest BCUT2D eigenvalue weighted by molar-refractivity contribution is 6.58. The van der Waals surface area contributed by atoms with Crippen molar-refractivity contribution in [2.75, 3.05) is 0 Å². The van der Waals surface area contributed by atoms with Crippen LogP contribution in [-0.4, -0.2) is 8.80 Å². The van der Waals surface area contributed by atoms with Gasteiger partial charge in [0.2, 0.25) is 0 Å². The Morgan fingerprint density at radius 2 is 1.52 bits per heavy atom. The molecule has 0 spiro atoms. The Morgan fingerprint density at radius 3 is 2.16 bits per heavy atom. The first-order valence-electron chi connectivity index (χ1n) is 12.5. The maximum atomic E-state index is 14.7. The molecular weight excluding hydrogens is 419 g/mol. The van der Waals surface area contributed by atoms with Gasteiger partial charge in [-0.3, -0.25) is 0 Å². The lowest BCUT2D eigenvalue weighted by atomic mass is 9.73. The maximum Gasteiger partial charge on any atom is 0.127 e. The molecule has 2 aromatic carbocycles. The number of hydrogen-bond donors (Lipinski definition) is 0. The van der Waals surface area contributed by atoms with Crippen LogP contribution in [0.2, 0.25) is 23.2 Å². The van der Waals surface area contributed by atoms with Crippen LogP contribution in [0, 0.1) is 23.6 Å². The summed E-state index contributed by atoms with van der Waals surface area (Å²) in [4.78, 5) is 0. The van der Waals surface area contributed by atoms with E-state index in [1.807, 2.05) is 30.3 Å². The van der Waals surface area contributed by atoms with Crippen LogP contribution in [0.15, 0.2) is 42.5 Å². The van der Waals surface area contributed by atoms with E-state index in [0.717, 1.165) is 47.3 Å². The lowest BCUT2D eigenvalue weighted by Gasteiger charge is -2.37. The van der Waals surface area contributed by atoms with Crippen LogP contribution in [0.4, 0.5) is 4.39 Å². The fraction of sp³-hybridized carbons (Fsp3) is 0.571. The standard InChI is InChI=1S/C28H37ClFSi/c1-2-17-31-18-15-24(16-19-31)22-6-3-21(4-7-22)5-8-25-9-10-26(20-28(25)30)23-11-13-27(29)14-12-23/h9-14,20-22,24H,2-8,15-19H2,1H3. The van der Waals surface area contributed by atoms with E-state index in [1.165, 1.54) is 44.9 Å². The van der Waals surface area contributed by atoms with Crippen molar-refractivity contribution in [1.29, 1.82) is 0 Å². The lowest BCUT2D eigenvalue weighted by Crippen LogP contribution is -2.28. The SMILES string of the molecule is CCC[Si]1CCC(C2CCC(CCc3ccc(-c4ccc(Cl)cc4)cc3F)CC2)CC1. The molecule has 1 radical (unpaired) electrons. The molecule has 1 saturated heterocycles. The minimum atomic E-state index is -0.0620. The van der Waals surface area contributed by atoms with Gasteiger partial charge in [0.1, 0.15) is 5.82 Å². The molecule has 0 aromatic heterocycles. The number of rotatable bonds is 7. The molecule has 31 heavy (non-hydrogen) atoms. The molecule has 3 heteroatoms. The molecule has 1 aliphatic carbocycles. The molecule has 167 valence electrons. The summed E-state index contributed by atoms with van der Waals surface area (Å²) in [5.41, 5.74) is 2.81. The zero-order valence-corrected chi connectivity index (χ0v) is 20.8. The summed E-state index contributed by atoms with van der Waals surface area (Å²) in [6.07, 6.45) is 12.0. The van der Waals surface area contributed by atoms with Crippen LogP contribution in [0.3, 0.4) is 0 Å². The Bertz CT molecular complexity index is 817. The fourth-order valence-electron chi connectivity index (χ4n) is 6.00. The van der Waals surface area contributed by atoms with Crippen LogP contribution in [-0.2, 0) is 6.42 Å². The summed E-state index contributed by atoms with van der Waals surface area (Å²) in [5.74, 6) is 2.73. The molecule has 2 aromatic rings. The minimum Gasteiger partial charge on any atom is -0.207 e. The fourth-order valence-corrected chi connectivity index (χ4v) is 9.14. The van der Waals surface area contributed by atoms with Crippen molar-refractivity contribution in [2.24, 2.45) is 17.8 Å². The third kappa shape index (κ3) is 6.23. The average molecular weight is 456 g/mol. The second kappa shape index (κ2) is 11.1. The highest BCUT2D eigenvalue weighted by Crippen LogP contribution is 2.42. The Hall–Kier alpha value is -1.12. The molecule has 0 atom stereocenters. The monoisotopic (exact) mass is 455 g/mol. The topological polar surface area (TPSA) is 0 Å². The quantitative estimate of drug-likeness (QED) is 0.365. The van der Waals surface area contributed by atoms with E-state index in [4.69, 9.17) is 11.6 Å². The van der Waals surface area contributed by atoms with Crippen molar-refractivity contribution in [3.8, 4) is 11.1 Å². The highest BCUT2D eigenvalue weighted by Gasteiger charge is 2.31. The van der Waals surface area contributed by atoms with Crippen LogP contribution >= 0.6 is 11.6 Å². The minimum absolute atomic E-state index is 0.0133. The Kier molecular flexibility index (Phi) is 8.28. The van der Waals surface area contributed by atoms with Crippen molar-refractivity contribution >= 4 is 20.4 Å². The van der Waals surface area contributed by atoms with Crippen molar-refractivity contribution in [2.45, 2.75) is 82.8 Å². The maximum absolute atomic E-state index is 14.7. The smallest absolute Gasteiger partial charge is 0.127 e. The molecule has 2 aliphatic rings. The molecule has 2 fully saturated rings. The summed E-state index contributed by atoms with van der Waals surface area (Å²) in [5, 5.41) is 0.709. The van der Waals surface area contributed by atoms with E-state index >= 15 is 0 Å². The molecule has 0 bridgehead atoms. The summed E-state index contributed by atoms with van der Waals surface area (Å²) in [6, 6.07) is 18.0. The van der Waals surface area contributed by atoms with E-state index in [9.17, 15) is 4.39 Å². The van der Waals surface area contributed by atoms with Crippen LogP contribution in [0.5, 0.6) is 0 Å². The Morgan fingerprint density at radius 1 is 0.871 bits per heavy atom. The molecule has 1 aliphatic heterocycles. The van der Waals surface area contributed by atoms with Crippen molar-refractivity contribution in [1.82, 2.24) is 0 Å². The number of aryl methyl sites for hydroxylation is 1. The second-order valence-corrected chi connectivity index (χ2v) is 13.4. The first-order chi connectivity index (χ1) is 15.1. The van der Waals surface area contributed by atoms with Gasteiger partial charge < -0.3 is 0 Å². The van der Waals surface area contributed by atoms with Crippen molar-refractivity contribution in [3.05, 3.63) is 58.9 Å². The zero-order valence-electron chi connectivity index (χ0n) is 19.0. The van der Waals surface area contributed by atoms with Gasteiger partial charge in [0, 0.05) is 13.8 Å². The van der Waals surface area contributed by atoms with Crippen LogP contribution in [0.25, 0.3) is 11.1 Å². The van der Waals surface area contributed by atoms with Gasteiger partial charge in [0.15, 0.2) is 0 Å². The van der Waals surface area contributed by atoms with Crippen LogP contribution in [0.1, 0.15) is 63.9 Å². The lowest BCUT2D eigenvalue weighted by molar-refractivity contribution is 0.186. The van der Waals surface area contributed by atoms with Gasteiger partial charge >= 0.3 is 0 Å². The summed E-state index contributed by atoms with van der Waals surface area (Å²) < 4.78 is 14.7. The number of halogens is 2. The Labute approximate surface area is 195 Å². The van der Waals surface area contributed by atoms with E-state index < -0.39 is 0 Å². The molecule has 0 amide bonds. The average Bonchev–Trinajstić information content (AvgIpc) is 2.80. The molecule has 0 N–H and O–H groups in total. The van der Waals surface area contributed by atoms with E-state index in [2.05, 4.69) is 13.0 Å². The van der Waals surface area contributed by atoms with Gasteiger partial charge in [0.25, 0.3) is 0 Å². The van der Waals surface area contributed by atoms with Gasteiger partial charge in [0.05, 0.1) is 0 Å². The highest BCUT2D eigenvalue weighted by atomic mass is 35.5. The largest absolute Gasteiger partial charge is 0.207 e. The molecule has 0 nitrogen and oxygen atoms in total. The molecular formula is C28H37ClFSi. The van der Waals surface area contributed by atoms with Gasteiger partial charge in [-0.25, -0.2) is 4.39 Å². The summed E-state index contributed by atoms with van der Waals surface area (Å²) in [7, 11) is 0.0133. The van der Waals surface area contributed by atoms with Gasteiger partial charge in [-0.2, -0.15) is 0 Å². The van der Waals surface area contributed by atoms with Gasteiger partial charge in [-0.15, -0.1) is 0 Å². The number of hydrogen-bond acceptors (Lipinski definition) is 0. The number of benzene rings is 2. The molecule has 0 unspecified atom stereocenters. The van der Waals surface area contributed by atoms with Gasteiger partial charge in [-0.05, 0) is 78.3 Å². The van der Waals surface area contributed by atoms with E-state index in [0.29, 0.717) is 5.02 Å².